The zero-order valence-electron chi connectivity index (χ0n) is 17.4. The van der Waals surface area contributed by atoms with Gasteiger partial charge in [-0.2, -0.15) is 0 Å². The minimum absolute atomic E-state index is 0.134. The fourth-order valence-corrected chi connectivity index (χ4v) is 5.29. The van der Waals surface area contributed by atoms with Gasteiger partial charge in [0.05, 0.1) is 11.4 Å². The monoisotopic (exact) mass is 430 g/mol. The summed E-state index contributed by atoms with van der Waals surface area (Å²) in [6.07, 6.45) is 2.66. The lowest BCUT2D eigenvalue weighted by molar-refractivity contribution is -0.131. The smallest absolute Gasteiger partial charge is 0.227 e. The molecule has 2 amide bonds. The van der Waals surface area contributed by atoms with E-state index in [9.17, 15) is 14.0 Å². The first-order chi connectivity index (χ1) is 14.4. The highest BCUT2D eigenvalue weighted by Crippen LogP contribution is 2.35. The van der Waals surface area contributed by atoms with Crippen LogP contribution in [0, 0.1) is 18.7 Å². The molecule has 0 bridgehead atoms. The Balaban J connectivity index is 1.38. The Bertz CT molecular complexity index is 953. The number of benzene rings is 1. The van der Waals surface area contributed by atoms with Gasteiger partial charge in [0.25, 0.3) is 0 Å². The van der Waals surface area contributed by atoms with Crippen molar-refractivity contribution in [2.45, 2.75) is 39.5 Å². The predicted molar refractivity (Wildman–Crippen MR) is 116 cm³/mol. The Morgan fingerprint density at radius 1 is 1.27 bits per heavy atom. The molecule has 1 atom stereocenters. The molecule has 1 saturated heterocycles. The number of aryl methyl sites for hydroxylation is 2. The van der Waals surface area contributed by atoms with Gasteiger partial charge >= 0.3 is 0 Å². The standard InChI is InChI=1S/C22H27FN4O2S/c1-3-20(28)26-8-10-27(11-9-26)22-25-18-7-5-15(13-19(18)30-22)21(29)24-17-6-4-14(2)12-16(17)23/h4,6,12,15H,3,5,7-11,13H2,1-2H3,(H,24,29)/t15-/m0/s1. The minimum Gasteiger partial charge on any atom is -0.345 e. The van der Waals surface area contributed by atoms with E-state index in [1.807, 2.05) is 18.7 Å². The largest absolute Gasteiger partial charge is 0.345 e. The molecule has 1 aliphatic heterocycles. The molecule has 2 aliphatic rings. The van der Waals surface area contributed by atoms with E-state index in [1.54, 1.807) is 23.5 Å². The molecule has 1 aromatic carbocycles. The first-order valence-electron chi connectivity index (χ1n) is 10.5. The summed E-state index contributed by atoms with van der Waals surface area (Å²) in [6.45, 7) is 6.74. The molecule has 0 saturated carbocycles. The summed E-state index contributed by atoms with van der Waals surface area (Å²) < 4.78 is 14.1. The highest BCUT2D eigenvalue weighted by molar-refractivity contribution is 7.15. The van der Waals surface area contributed by atoms with Crippen LogP contribution >= 0.6 is 11.3 Å². The summed E-state index contributed by atoms with van der Waals surface area (Å²) in [5, 5.41) is 3.73. The molecule has 1 N–H and O–H groups in total. The minimum atomic E-state index is -0.402. The van der Waals surface area contributed by atoms with Gasteiger partial charge in [-0.1, -0.05) is 13.0 Å². The van der Waals surface area contributed by atoms with Crippen molar-refractivity contribution in [1.82, 2.24) is 9.88 Å². The summed E-state index contributed by atoms with van der Waals surface area (Å²) in [5.74, 6) is -0.511. The zero-order chi connectivity index (χ0) is 21.3. The second-order valence-corrected chi connectivity index (χ2v) is 9.06. The van der Waals surface area contributed by atoms with Gasteiger partial charge in [-0.25, -0.2) is 9.37 Å². The molecule has 2 aromatic rings. The van der Waals surface area contributed by atoms with Crippen molar-refractivity contribution in [1.29, 1.82) is 0 Å². The van der Waals surface area contributed by atoms with Crippen molar-refractivity contribution < 1.29 is 14.0 Å². The highest BCUT2D eigenvalue weighted by Gasteiger charge is 2.30. The second kappa shape index (κ2) is 8.71. The zero-order valence-corrected chi connectivity index (χ0v) is 18.2. The topological polar surface area (TPSA) is 65.5 Å². The number of amides is 2. The highest BCUT2D eigenvalue weighted by atomic mass is 32.1. The number of thiazole rings is 1. The van der Waals surface area contributed by atoms with E-state index in [4.69, 9.17) is 4.98 Å². The molecule has 2 heterocycles. The lowest BCUT2D eigenvalue weighted by Gasteiger charge is -2.34. The number of nitrogens with zero attached hydrogens (tertiary/aromatic N) is 3. The van der Waals surface area contributed by atoms with Gasteiger partial charge in [0.15, 0.2) is 5.13 Å². The summed E-state index contributed by atoms with van der Waals surface area (Å²) in [7, 11) is 0. The second-order valence-electron chi connectivity index (χ2n) is 8.00. The Hall–Kier alpha value is -2.48. The Kier molecular flexibility index (Phi) is 6.04. The van der Waals surface area contributed by atoms with Crippen LogP contribution in [0.3, 0.4) is 0 Å². The molecule has 160 valence electrons. The first-order valence-corrected chi connectivity index (χ1v) is 11.3. The summed E-state index contributed by atoms with van der Waals surface area (Å²) in [6, 6.07) is 4.84. The molecule has 0 radical (unpaired) electrons. The van der Waals surface area contributed by atoms with E-state index in [0.29, 0.717) is 19.3 Å². The normalized spacial score (nSPS) is 18.8. The molecule has 8 heteroatoms. The number of fused-ring (bicyclic) bond motifs is 1. The quantitative estimate of drug-likeness (QED) is 0.808. The van der Waals surface area contributed by atoms with E-state index < -0.39 is 5.82 Å². The van der Waals surface area contributed by atoms with Gasteiger partial charge in [0.1, 0.15) is 5.82 Å². The number of carbonyl (C=O) groups excluding carboxylic acids is 2. The third-order valence-corrected chi connectivity index (χ3v) is 7.07. The van der Waals surface area contributed by atoms with Crippen molar-refractivity contribution in [3.05, 3.63) is 40.2 Å². The summed E-state index contributed by atoms with van der Waals surface area (Å²) >= 11 is 1.65. The molecule has 1 fully saturated rings. The maximum atomic E-state index is 14.1. The van der Waals surface area contributed by atoms with E-state index >= 15 is 0 Å². The SMILES string of the molecule is CCC(=O)N1CCN(c2nc3c(s2)C[C@@H](C(=O)Nc2ccc(C)cc2F)CC3)CC1. The molecule has 1 aromatic heterocycles. The third-order valence-electron chi connectivity index (χ3n) is 5.89. The summed E-state index contributed by atoms with van der Waals surface area (Å²) in [4.78, 5) is 34.7. The van der Waals surface area contributed by atoms with Gasteiger partial charge < -0.3 is 15.1 Å². The molecule has 1 aliphatic carbocycles. The number of halogens is 1. The van der Waals surface area contributed by atoms with Crippen molar-refractivity contribution >= 4 is 34.0 Å². The summed E-state index contributed by atoms with van der Waals surface area (Å²) in [5.41, 5.74) is 2.14. The van der Waals surface area contributed by atoms with Crippen molar-refractivity contribution in [3.63, 3.8) is 0 Å². The first kappa shape index (κ1) is 20.8. The Labute approximate surface area is 180 Å². The number of nitrogens with one attached hydrogen (secondary N) is 1. The van der Waals surface area contributed by atoms with Crippen LogP contribution in [0.2, 0.25) is 0 Å². The van der Waals surface area contributed by atoms with Gasteiger partial charge in [0, 0.05) is 43.4 Å². The maximum absolute atomic E-state index is 14.1. The number of carbonyl (C=O) groups is 2. The van der Waals surface area contributed by atoms with E-state index in [2.05, 4.69) is 10.2 Å². The molecule has 30 heavy (non-hydrogen) atoms. The van der Waals surface area contributed by atoms with Crippen molar-refractivity contribution in [2.24, 2.45) is 5.92 Å². The average molecular weight is 431 g/mol. The fourth-order valence-electron chi connectivity index (χ4n) is 4.05. The van der Waals surface area contributed by atoms with Gasteiger partial charge in [-0.05, 0) is 43.9 Å². The van der Waals surface area contributed by atoms with Gasteiger partial charge in [-0.15, -0.1) is 11.3 Å². The van der Waals surface area contributed by atoms with Crippen molar-refractivity contribution in [2.75, 3.05) is 36.4 Å². The van der Waals surface area contributed by atoms with Crippen LogP contribution < -0.4 is 10.2 Å². The van der Waals surface area contributed by atoms with Crippen LogP contribution in [0.4, 0.5) is 15.2 Å². The van der Waals surface area contributed by atoms with Crippen LogP contribution in [0.5, 0.6) is 0 Å². The van der Waals surface area contributed by atoms with Crippen LogP contribution in [0.25, 0.3) is 0 Å². The predicted octanol–water partition coefficient (Wildman–Crippen LogP) is 3.39. The fraction of sp³-hybridized carbons (Fsp3) is 0.500. The lowest BCUT2D eigenvalue weighted by Crippen LogP contribution is -2.48. The Morgan fingerprint density at radius 3 is 2.73 bits per heavy atom. The third kappa shape index (κ3) is 4.33. The lowest BCUT2D eigenvalue weighted by atomic mass is 9.90. The number of aromatic nitrogens is 1. The molecule has 6 nitrogen and oxygen atoms in total. The molecular formula is C22H27FN4O2S. The number of hydrogen-bond acceptors (Lipinski definition) is 5. The molecule has 0 unspecified atom stereocenters. The maximum Gasteiger partial charge on any atom is 0.227 e. The Morgan fingerprint density at radius 2 is 2.03 bits per heavy atom. The number of hydrogen-bond donors (Lipinski definition) is 1. The van der Waals surface area contributed by atoms with E-state index in [1.165, 1.54) is 6.07 Å². The number of piperazine rings is 1. The van der Waals surface area contributed by atoms with Crippen LogP contribution in [-0.4, -0.2) is 47.9 Å². The molecule has 0 spiro atoms. The molecular weight excluding hydrogens is 403 g/mol. The van der Waals surface area contributed by atoms with E-state index in [0.717, 1.165) is 53.9 Å². The van der Waals surface area contributed by atoms with Gasteiger partial charge in [0.2, 0.25) is 11.8 Å². The average Bonchev–Trinajstić information content (AvgIpc) is 3.18. The van der Waals surface area contributed by atoms with Crippen LogP contribution in [0.1, 0.15) is 35.9 Å². The molecule has 4 rings (SSSR count). The number of rotatable bonds is 4. The number of anilines is 2. The van der Waals surface area contributed by atoms with Gasteiger partial charge in [-0.3, -0.25) is 9.59 Å². The van der Waals surface area contributed by atoms with Crippen molar-refractivity contribution in [3.8, 4) is 0 Å². The van der Waals surface area contributed by atoms with Crippen LogP contribution in [0.15, 0.2) is 18.2 Å². The van der Waals surface area contributed by atoms with E-state index in [-0.39, 0.29) is 23.4 Å². The van der Waals surface area contributed by atoms with Crippen LogP contribution in [-0.2, 0) is 22.4 Å².